The molecule has 0 bridgehead atoms. The Kier molecular flexibility index (Phi) is 6.82. The second-order valence-corrected chi connectivity index (χ2v) is 8.41. The van der Waals surface area contributed by atoms with Crippen molar-refractivity contribution in [3.05, 3.63) is 95.2 Å². The highest BCUT2D eigenvalue weighted by Crippen LogP contribution is 2.38. The molecule has 0 atom stereocenters. The van der Waals surface area contributed by atoms with E-state index in [9.17, 15) is 9.59 Å². The van der Waals surface area contributed by atoms with Crippen LogP contribution >= 0.6 is 0 Å². The summed E-state index contributed by atoms with van der Waals surface area (Å²) in [6, 6.07) is 22.9. The first-order chi connectivity index (χ1) is 16.5. The van der Waals surface area contributed by atoms with Crippen LogP contribution in [0.5, 0.6) is 5.75 Å². The summed E-state index contributed by atoms with van der Waals surface area (Å²) in [6.45, 7) is 9.13. The Morgan fingerprint density at radius 2 is 1.56 bits per heavy atom. The van der Waals surface area contributed by atoms with E-state index in [1.165, 1.54) is 4.90 Å². The highest BCUT2D eigenvalue weighted by molar-refractivity contribution is 6.46. The van der Waals surface area contributed by atoms with Gasteiger partial charge in [-0.25, -0.2) is 4.90 Å². The lowest BCUT2D eigenvalue weighted by Gasteiger charge is -2.25. The molecular formula is C29H30N2O3. The van der Waals surface area contributed by atoms with Crippen LogP contribution in [0, 0.1) is 13.8 Å². The van der Waals surface area contributed by atoms with Crippen molar-refractivity contribution in [2.45, 2.75) is 34.1 Å². The predicted molar refractivity (Wildman–Crippen MR) is 137 cm³/mol. The van der Waals surface area contributed by atoms with E-state index in [4.69, 9.17) is 4.74 Å². The molecule has 0 N–H and O–H groups in total. The first kappa shape index (κ1) is 23.3. The summed E-state index contributed by atoms with van der Waals surface area (Å²) in [5.74, 6) is 0.110. The maximum Gasteiger partial charge on any atom is 0.282 e. The number of benzene rings is 3. The van der Waals surface area contributed by atoms with E-state index in [-0.39, 0.29) is 11.8 Å². The highest BCUT2D eigenvalue weighted by Gasteiger charge is 2.43. The van der Waals surface area contributed by atoms with Crippen LogP contribution in [-0.4, -0.2) is 25.0 Å². The third-order valence-corrected chi connectivity index (χ3v) is 5.92. The lowest BCUT2D eigenvalue weighted by Crippen LogP contribution is -2.35. The molecule has 3 aromatic carbocycles. The molecule has 5 nitrogen and oxygen atoms in total. The summed E-state index contributed by atoms with van der Waals surface area (Å²) in [4.78, 5) is 31.0. The zero-order valence-electron chi connectivity index (χ0n) is 20.2. The average molecular weight is 455 g/mol. The van der Waals surface area contributed by atoms with Crippen molar-refractivity contribution in [3.63, 3.8) is 0 Å². The fourth-order valence-electron chi connectivity index (χ4n) is 4.32. The van der Waals surface area contributed by atoms with Gasteiger partial charge in [0.2, 0.25) is 0 Å². The molecule has 0 aliphatic carbocycles. The second-order valence-electron chi connectivity index (χ2n) is 8.41. The van der Waals surface area contributed by atoms with E-state index in [2.05, 4.69) is 6.92 Å². The topological polar surface area (TPSA) is 49.9 Å². The third-order valence-electron chi connectivity index (χ3n) is 5.92. The van der Waals surface area contributed by atoms with E-state index in [1.54, 1.807) is 0 Å². The fourth-order valence-corrected chi connectivity index (χ4v) is 4.32. The Labute approximate surface area is 201 Å². The number of likely N-dealkylation sites (N-methyl/N-ethyl adjacent to an activating group) is 1. The SMILES string of the molecule is CCCOc1ccc(C2=C(N(CC)c3ccccc3)C(=O)N(c3ccc(C)cc3C)C2=O)cc1. The summed E-state index contributed by atoms with van der Waals surface area (Å²) >= 11 is 0. The van der Waals surface area contributed by atoms with Crippen LogP contribution in [0.2, 0.25) is 0 Å². The van der Waals surface area contributed by atoms with Crippen molar-refractivity contribution in [1.82, 2.24) is 0 Å². The molecule has 0 aromatic heterocycles. The maximum absolute atomic E-state index is 13.9. The summed E-state index contributed by atoms with van der Waals surface area (Å²) in [7, 11) is 0. The van der Waals surface area contributed by atoms with Crippen molar-refractivity contribution in [3.8, 4) is 5.75 Å². The fraction of sp³-hybridized carbons (Fsp3) is 0.241. The molecule has 3 aromatic rings. The van der Waals surface area contributed by atoms with Gasteiger partial charge in [0.25, 0.3) is 11.8 Å². The van der Waals surface area contributed by atoms with Gasteiger partial charge in [-0.1, -0.05) is 55.0 Å². The van der Waals surface area contributed by atoms with Gasteiger partial charge in [-0.05, 0) is 68.7 Å². The van der Waals surface area contributed by atoms with Crippen LogP contribution in [0.15, 0.2) is 78.5 Å². The molecule has 34 heavy (non-hydrogen) atoms. The number of nitrogens with zero attached hydrogens (tertiary/aromatic N) is 2. The Bertz CT molecular complexity index is 1230. The van der Waals surface area contributed by atoms with Crippen LogP contribution in [0.25, 0.3) is 5.57 Å². The van der Waals surface area contributed by atoms with Crippen molar-refractivity contribution in [1.29, 1.82) is 0 Å². The molecule has 174 valence electrons. The Morgan fingerprint density at radius 3 is 2.18 bits per heavy atom. The molecule has 1 aliphatic heterocycles. The quantitative estimate of drug-likeness (QED) is 0.398. The number of anilines is 2. The normalized spacial score (nSPS) is 13.6. The largest absolute Gasteiger partial charge is 0.494 e. The predicted octanol–water partition coefficient (Wildman–Crippen LogP) is 5.90. The van der Waals surface area contributed by atoms with Gasteiger partial charge in [0.15, 0.2) is 0 Å². The van der Waals surface area contributed by atoms with Crippen LogP contribution in [0.1, 0.15) is 37.0 Å². The Hall–Kier alpha value is -3.86. The van der Waals surface area contributed by atoms with E-state index in [0.717, 1.165) is 29.0 Å². The number of carbonyl (C=O) groups excluding carboxylic acids is 2. The number of amides is 2. The second kappa shape index (κ2) is 9.96. The molecule has 0 saturated carbocycles. The molecule has 1 aliphatic rings. The number of hydrogen-bond acceptors (Lipinski definition) is 4. The van der Waals surface area contributed by atoms with Gasteiger partial charge in [0, 0.05) is 12.2 Å². The summed E-state index contributed by atoms with van der Waals surface area (Å²) < 4.78 is 5.71. The molecule has 0 radical (unpaired) electrons. The van der Waals surface area contributed by atoms with E-state index >= 15 is 0 Å². The maximum atomic E-state index is 13.9. The molecule has 5 heteroatoms. The van der Waals surface area contributed by atoms with Gasteiger partial charge in [-0.2, -0.15) is 0 Å². The standard InChI is InChI=1S/C29H30N2O3/c1-5-18-34-24-15-13-22(14-16-24)26-27(30(6-2)23-10-8-7-9-11-23)29(33)31(28(26)32)25-17-12-20(3)19-21(25)4/h7-17,19H,5-6,18H2,1-4H3. The number of aryl methyl sites for hydroxylation is 2. The van der Waals surface area contributed by atoms with Crippen molar-refractivity contribution in [2.75, 3.05) is 23.0 Å². The monoisotopic (exact) mass is 454 g/mol. The summed E-state index contributed by atoms with van der Waals surface area (Å²) in [5, 5.41) is 0. The lowest BCUT2D eigenvalue weighted by atomic mass is 10.0. The number of ether oxygens (including phenoxy) is 1. The van der Waals surface area contributed by atoms with Gasteiger partial charge in [0.1, 0.15) is 11.4 Å². The molecule has 0 fully saturated rings. The number of para-hydroxylation sites is 1. The van der Waals surface area contributed by atoms with Gasteiger partial charge < -0.3 is 9.64 Å². The zero-order valence-corrected chi connectivity index (χ0v) is 20.2. The summed E-state index contributed by atoms with van der Waals surface area (Å²) in [5.41, 5.74) is 4.92. The molecule has 1 heterocycles. The first-order valence-electron chi connectivity index (χ1n) is 11.7. The van der Waals surface area contributed by atoms with E-state index in [0.29, 0.717) is 35.7 Å². The van der Waals surface area contributed by atoms with Gasteiger partial charge in [-0.3, -0.25) is 9.59 Å². The molecule has 0 unspecified atom stereocenters. The minimum absolute atomic E-state index is 0.316. The lowest BCUT2D eigenvalue weighted by molar-refractivity contribution is -0.120. The van der Waals surface area contributed by atoms with Crippen LogP contribution < -0.4 is 14.5 Å². The third kappa shape index (κ3) is 4.34. The molecule has 0 saturated heterocycles. The van der Waals surface area contributed by atoms with Crippen molar-refractivity contribution >= 4 is 28.8 Å². The number of carbonyl (C=O) groups is 2. The van der Waals surface area contributed by atoms with Crippen LogP contribution in [0.4, 0.5) is 11.4 Å². The minimum atomic E-state index is -0.316. The van der Waals surface area contributed by atoms with Gasteiger partial charge in [0.05, 0.1) is 17.9 Å². The van der Waals surface area contributed by atoms with E-state index < -0.39 is 0 Å². The zero-order chi connectivity index (χ0) is 24.2. The summed E-state index contributed by atoms with van der Waals surface area (Å²) in [6.07, 6.45) is 0.914. The molecular weight excluding hydrogens is 424 g/mol. The molecule has 4 rings (SSSR count). The minimum Gasteiger partial charge on any atom is -0.494 e. The number of imide groups is 1. The van der Waals surface area contributed by atoms with Crippen molar-refractivity contribution < 1.29 is 14.3 Å². The van der Waals surface area contributed by atoms with Crippen molar-refractivity contribution in [2.24, 2.45) is 0 Å². The first-order valence-corrected chi connectivity index (χ1v) is 11.7. The number of hydrogen-bond donors (Lipinski definition) is 0. The average Bonchev–Trinajstić information content (AvgIpc) is 3.09. The smallest absolute Gasteiger partial charge is 0.282 e. The Balaban J connectivity index is 1.85. The van der Waals surface area contributed by atoms with Crippen LogP contribution in [-0.2, 0) is 9.59 Å². The number of rotatable bonds is 8. The Morgan fingerprint density at radius 1 is 0.853 bits per heavy atom. The molecule has 2 amide bonds. The van der Waals surface area contributed by atoms with Gasteiger partial charge >= 0.3 is 0 Å². The van der Waals surface area contributed by atoms with Crippen LogP contribution in [0.3, 0.4) is 0 Å². The highest BCUT2D eigenvalue weighted by atomic mass is 16.5. The molecule has 0 spiro atoms. The van der Waals surface area contributed by atoms with E-state index in [1.807, 2.05) is 98.5 Å². The van der Waals surface area contributed by atoms with Gasteiger partial charge in [-0.15, -0.1) is 0 Å².